The first kappa shape index (κ1) is 10.3. The molecule has 0 fully saturated rings. The monoisotopic (exact) mass is 260 g/mol. The summed E-state index contributed by atoms with van der Waals surface area (Å²) < 4.78 is 5.56. The summed E-state index contributed by atoms with van der Waals surface area (Å²) in [6.07, 6.45) is 0.497. The number of hydrogen-bond donors (Lipinski definition) is 0. The molecule has 0 rings (SSSR count). The SMILES string of the molecule is CCC(=O)OCC(C)[Te]C. The Morgan fingerprint density at radius 2 is 2.30 bits per heavy atom. The van der Waals surface area contributed by atoms with Crippen LogP contribution in [-0.2, 0) is 9.53 Å². The topological polar surface area (TPSA) is 26.3 Å². The van der Waals surface area contributed by atoms with Crippen LogP contribution in [0, 0.1) is 0 Å². The van der Waals surface area contributed by atoms with E-state index in [9.17, 15) is 4.79 Å². The van der Waals surface area contributed by atoms with Crippen LogP contribution in [0.25, 0.3) is 0 Å². The molecule has 0 saturated carbocycles. The summed E-state index contributed by atoms with van der Waals surface area (Å²) in [5, 5.41) is 0. The molecular formula is C7H14O2Te. The summed E-state index contributed by atoms with van der Waals surface area (Å²) in [6.45, 7) is 4.58. The molecule has 0 N–H and O–H groups in total. The Morgan fingerprint density at radius 1 is 1.70 bits per heavy atom. The van der Waals surface area contributed by atoms with Gasteiger partial charge in [0.25, 0.3) is 0 Å². The molecule has 0 bridgehead atoms. The van der Waals surface area contributed by atoms with Gasteiger partial charge in [0.2, 0.25) is 0 Å². The van der Waals surface area contributed by atoms with Crippen molar-refractivity contribution in [2.24, 2.45) is 0 Å². The molecule has 0 aromatic carbocycles. The summed E-state index contributed by atoms with van der Waals surface area (Å²) >= 11 is 0.0781. The van der Waals surface area contributed by atoms with Crippen LogP contribution in [0.4, 0.5) is 0 Å². The summed E-state index contributed by atoms with van der Waals surface area (Å²) in [6, 6.07) is 0. The van der Waals surface area contributed by atoms with Crippen LogP contribution >= 0.6 is 0 Å². The molecule has 0 aromatic heterocycles. The van der Waals surface area contributed by atoms with Crippen molar-refractivity contribution in [3.63, 3.8) is 0 Å². The molecule has 1 unspecified atom stereocenters. The maximum atomic E-state index is 10.6. The molecule has 0 radical (unpaired) electrons. The summed E-state index contributed by atoms with van der Waals surface area (Å²) in [7, 11) is 0. The molecule has 0 spiro atoms. The zero-order chi connectivity index (χ0) is 7.98. The molecule has 3 heteroatoms. The third-order valence-electron chi connectivity index (χ3n) is 1.17. The molecule has 0 aliphatic rings. The van der Waals surface area contributed by atoms with E-state index in [1.54, 1.807) is 0 Å². The number of hydrogen-bond acceptors (Lipinski definition) is 2. The first-order valence-corrected chi connectivity index (χ1v) is 7.06. The van der Waals surface area contributed by atoms with Crippen molar-refractivity contribution >= 4 is 26.9 Å². The number of rotatable bonds is 4. The van der Waals surface area contributed by atoms with Crippen LogP contribution in [0.3, 0.4) is 0 Å². The molecule has 0 aromatic rings. The normalized spacial score (nSPS) is 12.7. The van der Waals surface area contributed by atoms with Gasteiger partial charge < -0.3 is 0 Å². The van der Waals surface area contributed by atoms with Crippen molar-refractivity contribution in [1.29, 1.82) is 0 Å². The van der Waals surface area contributed by atoms with Crippen molar-refractivity contribution < 1.29 is 9.53 Å². The van der Waals surface area contributed by atoms with Gasteiger partial charge in [0.15, 0.2) is 0 Å². The van der Waals surface area contributed by atoms with Crippen molar-refractivity contribution in [3.05, 3.63) is 0 Å². The van der Waals surface area contributed by atoms with Crippen molar-refractivity contribution in [1.82, 2.24) is 0 Å². The molecule has 2 nitrogen and oxygen atoms in total. The Labute approximate surface area is 72.4 Å². The number of carbonyl (C=O) groups is 1. The van der Waals surface area contributed by atoms with Crippen LogP contribution in [0.1, 0.15) is 20.3 Å². The second-order valence-corrected chi connectivity index (χ2v) is 5.73. The molecular weight excluding hydrogens is 244 g/mol. The number of carbonyl (C=O) groups excluding carboxylic acids is 1. The van der Waals surface area contributed by atoms with Crippen LogP contribution in [0.15, 0.2) is 0 Å². The predicted molar refractivity (Wildman–Crippen MR) is 42.3 cm³/mol. The quantitative estimate of drug-likeness (QED) is 0.564. The fourth-order valence-electron chi connectivity index (χ4n) is 0.380. The van der Waals surface area contributed by atoms with Crippen LogP contribution in [-0.4, -0.2) is 33.5 Å². The van der Waals surface area contributed by atoms with Gasteiger partial charge in [-0.15, -0.1) is 0 Å². The van der Waals surface area contributed by atoms with E-state index >= 15 is 0 Å². The van der Waals surface area contributed by atoms with E-state index in [1.807, 2.05) is 6.92 Å². The first-order chi connectivity index (χ1) is 4.70. The molecule has 60 valence electrons. The third kappa shape index (κ3) is 5.08. The Kier molecular flexibility index (Phi) is 6.16. The van der Waals surface area contributed by atoms with Crippen molar-refractivity contribution in [2.45, 2.75) is 29.2 Å². The van der Waals surface area contributed by atoms with Gasteiger partial charge in [0, 0.05) is 0 Å². The van der Waals surface area contributed by atoms with Gasteiger partial charge >= 0.3 is 72.2 Å². The van der Waals surface area contributed by atoms with Gasteiger partial charge in [-0.25, -0.2) is 0 Å². The summed E-state index contributed by atoms with van der Waals surface area (Å²) in [5.74, 6) is -0.0761. The van der Waals surface area contributed by atoms with Gasteiger partial charge in [-0.3, -0.25) is 0 Å². The maximum absolute atomic E-state index is 10.6. The zero-order valence-corrected chi connectivity index (χ0v) is 9.05. The fraction of sp³-hybridized carbons (Fsp3) is 0.857. The third-order valence-corrected chi connectivity index (χ3v) is 3.86. The molecule has 10 heavy (non-hydrogen) atoms. The van der Waals surface area contributed by atoms with Gasteiger partial charge in [0.1, 0.15) is 0 Å². The first-order valence-electron chi connectivity index (χ1n) is 3.39. The Morgan fingerprint density at radius 3 is 2.70 bits per heavy atom. The molecule has 0 aliphatic carbocycles. The number of ether oxygens (including phenoxy) is 1. The Hall–Kier alpha value is 0.260. The van der Waals surface area contributed by atoms with Gasteiger partial charge in [0.05, 0.1) is 0 Å². The average molecular weight is 258 g/mol. The standard InChI is InChI=1S/C7H14O2Te/c1-4-7(8)9-5-6(2)10-3/h6H,4-5H2,1-3H3. The Bertz CT molecular complexity index is 104. The molecule has 0 saturated heterocycles. The van der Waals surface area contributed by atoms with Gasteiger partial charge in [-0.2, -0.15) is 0 Å². The van der Waals surface area contributed by atoms with Gasteiger partial charge in [-0.1, -0.05) is 0 Å². The second-order valence-electron chi connectivity index (χ2n) is 2.08. The molecule has 0 aliphatic heterocycles. The van der Waals surface area contributed by atoms with Crippen LogP contribution in [0.2, 0.25) is 8.94 Å². The van der Waals surface area contributed by atoms with E-state index in [0.29, 0.717) is 17.0 Å². The summed E-state index contributed by atoms with van der Waals surface area (Å²) in [5.41, 5.74) is 0. The number of esters is 1. The minimum atomic E-state index is -0.0761. The second kappa shape index (κ2) is 6.00. The van der Waals surface area contributed by atoms with Crippen molar-refractivity contribution in [3.8, 4) is 0 Å². The molecule has 0 heterocycles. The van der Waals surface area contributed by atoms with E-state index in [4.69, 9.17) is 4.74 Å². The van der Waals surface area contributed by atoms with Crippen LogP contribution in [0.5, 0.6) is 0 Å². The van der Waals surface area contributed by atoms with E-state index in [0.717, 1.165) is 0 Å². The minimum absolute atomic E-state index is 0.0761. The van der Waals surface area contributed by atoms with E-state index in [1.165, 1.54) is 0 Å². The Balaban J connectivity index is 3.26. The van der Waals surface area contributed by atoms with E-state index in [2.05, 4.69) is 11.9 Å². The van der Waals surface area contributed by atoms with Gasteiger partial charge in [-0.05, 0) is 0 Å². The van der Waals surface area contributed by atoms with Crippen molar-refractivity contribution in [2.75, 3.05) is 6.61 Å². The molecule has 1 atom stereocenters. The molecule has 0 amide bonds. The predicted octanol–water partition coefficient (Wildman–Crippen LogP) is 1.50. The fourth-order valence-corrected chi connectivity index (χ4v) is 0.963. The summed E-state index contributed by atoms with van der Waals surface area (Å²) in [4.78, 5) is 12.8. The van der Waals surface area contributed by atoms with E-state index in [-0.39, 0.29) is 26.9 Å². The van der Waals surface area contributed by atoms with Crippen LogP contribution < -0.4 is 0 Å². The van der Waals surface area contributed by atoms with E-state index < -0.39 is 0 Å². The zero-order valence-electron chi connectivity index (χ0n) is 6.72. The average Bonchev–Trinajstić information content (AvgIpc) is 1.99.